The van der Waals surface area contributed by atoms with Crippen molar-refractivity contribution in [3.05, 3.63) is 65.2 Å². The fraction of sp³-hybridized carbons (Fsp3) is 0.273. The number of nitrogens with one attached hydrogen (secondary N) is 1. The summed E-state index contributed by atoms with van der Waals surface area (Å²) in [5, 5.41) is 5.93. The number of carbonyl (C=O) groups excluding carboxylic acids is 1. The molecule has 0 spiro atoms. The lowest BCUT2D eigenvalue weighted by Crippen LogP contribution is -2.25. The van der Waals surface area contributed by atoms with Crippen molar-refractivity contribution in [1.29, 1.82) is 0 Å². The molecule has 0 saturated carbocycles. The van der Waals surface area contributed by atoms with Crippen LogP contribution in [0, 0.1) is 0 Å². The second kappa shape index (κ2) is 9.37. The number of methoxy groups -OCH3 is 1. The van der Waals surface area contributed by atoms with Crippen molar-refractivity contribution < 1.29 is 14.3 Å². The number of amides is 1. The Balaban J connectivity index is 1.50. The fourth-order valence-corrected chi connectivity index (χ4v) is 3.51. The molecule has 1 aromatic heterocycles. The van der Waals surface area contributed by atoms with Gasteiger partial charge in [0.2, 0.25) is 0 Å². The maximum absolute atomic E-state index is 12.3. The molecule has 0 atom stereocenters. The van der Waals surface area contributed by atoms with Crippen LogP contribution >= 0.6 is 11.3 Å². The van der Waals surface area contributed by atoms with Gasteiger partial charge in [0.25, 0.3) is 5.91 Å². The Morgan fingerprint density at radius 2 is 1.75 bits per heavy atom. The Bertz CT molecular complexity index is 902. The third-order valence-electron chi connectivity index (χ3n) is 4.04. The molecule has 0 saturated heterocycles. The van der Waals surface area contributed by atoms with E-state index >= 15 is 0 Å². The SMILES string of the molecule is COc1ccc(-c2nc(CCNC(=O)c3ccc(OC(C)C)cc3)cs2)cc1. The highest BCUT2D eigenvalue weighted by molar-refractivity contribution is 7.13. The second-order valence-corrected chi connectivity index (χ2v) is 7.43. The Hall–Kier alpha value is -2.86. The van der Waals surface area contributed by atoms with E-state index in [0.29, 0.717) is 18.5 Å². The third-order valence-corrected chi connectivity index (χ3v) is 4.98. The molecule has 5 nitrogen and oxygen atoms in total. The van der Waals surface area contributed by atoms with Crippen molar-refractivity contribution in [3.63, 3.8) is 0 Å². The number of thiazole rings is 1. The van der Waals surface area contributed by atoms with Gasteiger partial charge in [-0.15, -0.1) is 11.3 Å². The fourth-order valence-electron chi connectivity index (χ4n) is 2.65. The van der Waals surface area contributed by atoms with Crippen molar-refractivity contribution >= 4 is 17.2 Å². The topological polar surface area (TPSA) is 60.5 Å². The summed E-state index contributed by atoms with van der Waals surface area (Å²) in [5.41, 5.74) is 2.65. The largest absolute Gasteiger partial charge is 0.497 e. The molecule has 1 N–H and O–H groups in total. The summed E-state index contributed by atoms with van der Waals surface area (Å²) in [6.45, 7) is 4.48. The van der Waals surface area contributed by atoms with Gasteiger partial charge in [-0.2, -0.15) is 0 Å². The molecule has 146 valence electrons. The number of nitrogens with zero attached hydrogens (tertiary/aromatic N) is 1. The smallest absolute Gasteiger partial charge is 0.251 e. The zero-order chi connectivity index (χ0) is 19.9. The molecule has 0 fully saturated rings. The van der Waals surface area contributed by atoms with Crippen molar-refractivity contribution in [2.75, 3.05) is 13.7 Å². The predicted octanol–water partition coefficient (Wildman–Crippen LogP) is 4.58. The van der Waals surface area contributed by atoms with Gasteiger partial charge in [-0.05, 0) is 62.4 Å². The molecule has 0 aliphatic rings. The normalized spacial score (nSPS) is 10.7. The van der Waals surface area contributed by atoms with Crippen LogP contribution in [0.4, 0.5) is 0 Å². The zero-order valence-corrected chi connectivity index (χ0v) is 17.1. The van der Waals surface area contributed by atoms with E-state index in [1.807, 2.05) is 55.6 Å². The van der Waals surface area contributed by atoms with Crippen molar-refractivity contribution in [1.82, 2.24) is 10.3 Å². The van der Waals surface area contributed by atoms with E-state index in [0.717, 1.165) is 27.8 Å². The zero-order valence-electron chi connectivity index (χ0n) is 16.3. The standard InChI is InChI=1S/C22H24N2O3S/c1-15(2)27-20-10-4-16(5-11-20)21(25)23-13-12-18-14-28-22(24-18)17-6-8-19(26-3)9-7-17/h4-11,14-15H,12-13H2,1-3H3,(H,23,25). The Morgan fingerprint density at radius 1 is 1.07 bits per heavy atom. The number of aromatic nitrogens is 1. The first-order valence-corrected chi connectivity index (χ1v) is 10.1. The molecule has 0 radical (unpaired) electrons. The van der Waals surface area contributed by atoms with Gasteiger partial charge >= 0.3 is 0 Å². The molecular weight excluding hydrogens is 372 g/mol. The molecule has 3 aromatic rings. The van der Waals surface area contributed by atoms with Gasteiger partial charge < -0.3 is 14.8 Å². The van der Waals surface area contributed by atoms with Gasteiger partial charge in [-0.25, -0.2) is 4.98 Å². The van der Waals surface area contributed by atoms with Crippen LogP contribution in [0.15, 0.2) is 53.9 Å². The summed E-state index contributed by atoms with van der Waals surface area (Å²) < 4.78 is 10.8. The van der Waals surface area contributed by atoms with Crippen molar-refractivity contribution in [2.45, 2.75) is 26.4 Å². The van der Waals surface area contributed by atoms with Gasteiger partial charge in [0.1, 0.15) is 16.5 Å². The van der Waals surface area contributed by atoms with Crippen molar-refractivity contribution in [2.24, 2.45) is 0 Å². The number of hydrogen-bond donors (Lipinski definition) is 1. The highest BCUT2D eigenvalue weighted by Gasteiger charge is 2.08. The van der Waals surface area contributed by atoms with Crippen LogP contribution < -0.4 is 14.8 Å². The lowest BCUT2D eigenvalue weighted by molar-refractivity contribution is 0.0954. The summed E-state index contributed by atoms with van der Waals surface area (Å²) >= 11 is 1.60. The first-order chi connectivity index (χ1) is 13.5. The van der Waals surface area contributed by atoms with E-state index in [1.165, 1.54) is 0 Å². The highest BCUT2D eigenvalue weighted by atomic mass is 32.1. The summed E-state index contributed by atoms with van der Waals surface area (Å²) in [6, 6.07) is 15.0. The average Bonchev–Trinajstić information content (AvgIpc) is 3.17. The first-order valence-electron chi connectivity index (χ1n) is 9.19. The highest BCUT2D eigenvalue weighted by Crippen LogP contribution is 2.25. The molecule has 3 rings (SSSR count). The van der Waals surface area contributed by atoms with Gasteiger partial charge in [-0.1, -0.05) is 0 Å². The quantitative estimate of drug-likeness (QED) is 0.605. The van der Waals surface area contributed by atoms with E-state index in [1.54, 1.807) is 30.6 Å². The van der Waals surface area contributed by atoms with Crippen LogP contribution in [0.1, 0.15) is 29.9 Å². The van der Waals surface area contributed by atoms with Crippen LogP contribution in [0.5, 0.6) is 11.5 Å². The maximum atomic E-state index is 12.3. The summed E-state index contributed by atoms with van der Waals surface area (Å²) in [4.78, 5) is 16.9. The molecule has 0 unspecified atom stereocenters. The van der Waals surface area contributed by atoms with Crippen LogP contribution in [0.3, 0.4) is 0 Å². The van der Waals surface area contributed by atoms with E-state index in [4.69, 9.17) is 9.47 Å². The van der Waals surface area contributed by atoms with Gasteiger partial charge in [0.05, 0.1) is 18.9 Å². The van der Waals surface area contributed by atoms with E-state index in [2.05, 4.69) is 10.3 Å². The molecule has 2 aromatic carbocycles. The van der Waals surface area contributed by atoms with Crippen LogP contribution in [-0.4, -0.2) is 30.6 Å². The van der Waals surface area contributed by atoms with E-state index in [-0.39, 0.29) is 12.0 Å². The summed E-state index contributed by atoms with van der Waals surface area (Å²) in [6.07, 6.45) is 0.799. The average molecular weight is 397 g/mol. The van der Waals surface area contributed by atoms with Crippen LogP contribution in [0.2, 0.25) is 0 Å². The molecule has 6 heteroatoms. The minimum Gasteiger partial charge on any atom is -0.497 e. The molecule has 28 heavy (non-hydrogen) atoms. The Kier molecular flexibility index (Phi) is 6.66. The molecule has 0 aliphatic heterocycles. The monoisotopic (exact) mass is 396 g/mol. The van der Waals surface area contributed by atoms with Gasteiger partial charge in [0, 0.05) is 29.5 Å². The molecule has 1 heterocycles. The lowest BCUT2D eigenvalue weighted by atomic mass is 10.2. The van der Waals surface area contributed by atoms with Gasteiger partial charge in [-0.3, -0.25) is 4.79 Å². The minimum atomic E-state index is -0.0956. The number of benzene rings is 2. The van der Waals surface area contributed by atoms with Crippen molar-refractivity contribution in [3.8, 4) is 22.1 Å². The number of carbonyl (C=O) groups is 1. The number of hydrogen-bond acceptors (Lipinski definition) is 5. The molecule has 0 aliphatic carbocycles. The Labute approximate surface area is 169 Å². The van der Waals surface area contributed by atoms with E-state index in [9.17, 15) is 4.79 Å². The first kappa shape index (κ1) is 19.9. The molecule has 1 amide bonds. The maximum Gasteiger partial charge on any atom is 0.251 e. The van der Waals surface area contributed by atoms with Crippen LogP contribution in [-0.2, 0) is 6.42 Å². The molecular formula is C22H24N2O3S. The molecule has 0 bridgehead atoms. The van der Waals surface area contributed by atoms with Gasteiger partial charge in [0.15, 0.2) is 0 Å². The lowest BCUT2D eigenvalue weighted by Gasteiger charge is -2.10. The van der Waals surface area contributed by atoms with Crippen LogP contribution in [0.25, 0.3) is 10.6 Å². The van der Waals surface area contributed by atoms with E-state index < -0.39 is 0 Å². The number of ether oxygens (including phenoxy) is 2. The number of rotatable bonds is 8. The summed E-state index contributed by atoms with van der Waals surface area (Å²) in [7, 11) is 1.65. The Morgan fingerprint density at radius 3 is 2.39 bits per heavy atom. The minimum absolute atomic E-state index is 0.0956. The summed E-state index contributed by atoms with van der Waals surface area (Å²) in [5.74, 6) is 1.49. The third kappa shape index (κ3) is 5.33. The second-order valence-electron chi connectivity index (χ2n) is 6.57. The predicted molar refractivity (Wildman–Crippen MR) is 112 cm³/mol.